The fraction of sp³-hybridized carbons (Fsp3) is 0.562. The number of piperidine rings is 2. The number of ether oxygens (including phenoxy) is 2. The van der Waals surface area contributed by atoms with Crippen molar-refractivity contribution in [3.63, 3.8) is 0 Å². The molecule has 0 saturated carbocycles. The topological polar surface area (TPSA) is 152 Å². The van der Waals surface area contributed by atoms with Crippen molar-refractivity contribution in [2.45, 2.75) is 59.8 Å². The Kier molecular flexibility index (Phi) is 11.9. The number of aromatic nitrogens is 4. The van der Waals surface area contributed by atoms with Gasteiger partial charge in [-0.25, -0.2) is 4.39 Å². The third kappa shape index (κ3) is 9.21. The van der Waals surface area contributed by atoms with Crippen LogP contribution >= 0.6 is 0 Å². The molecule has 236 valence electrons. The highest BCUT2D eigenvalue weighted by Crippen LogP contribution is 2.34. The van der Waals surface area contributed by atoms with E-state index in [1.54, 1.807) is 13.0 Å². The van der Waals surface area contributed by atoms with Crippen LogP contribution < -0.4 is 31.6 Å². The van der Waals surface area contributed by atoms with Gasteiger partial charge in [0.25, 0.3) is 0 Å². The summed E-state index contributed by atoms with van der Waals surface area (Å²) < 4.78 is 24.9. The molecule has 4 aromatic rings. The highest BCUT2D eigenvalue weighted by Gasteiger charge is 2.16. The van der Waals surface area contributed by atoms with Crippen molar-refractivity contribution in [2.24, 2.45) is 17.8 Å². The Balaban J connectivity index is 0.000000175. The van der Waals surface area contributed by atoms with E-state index < -0.39 is 0 Å². The zero-order chi connectivity index (χ0) is 30.8. The standard InChI is InChI=1S/C17H26N4O2.C8H8FN3.C7H15N/c1-11(2)9-23-15-8-13(7-14-16(15)17(18)21-20-14)22-10-12-3-5-19-6-4-12;1-4-2-7-5(3-6(4)9)8(10)12-11-7;1-2-7-3-5-8-6-4-7/h7-8,11-12,19H,3-6,9-10H2,1-2H3,(H3,18,20,21);2-3H,1H3,(H3,10,11,12);7-8H,2-6H2,1H3. The lowest BCUT2D eigenvalue weighted by atomic mass is 9.96. The third-order valence-corrected chi connectivity index (χ3v) is 8.05. The number of benzene rings is 2. The molecule has 0 radical (unpaired) electrons. The zero-order valence-electron chi connectivity index (χ0n) is 26.1. The molecule has 11 heteroatoms. The van der Waals surface area contributed by atoms with E-state index in [1.165, 1.54) is 38.4 Å². The lowest BCUT2D eigenvalue weighted by Crippen LogP contribution is -2.30. The molecule has 0 spiro atoms. The van der Waals surface area contributed by atoms with Gasteiger partial charge in [0.05, 0.1) is 29.6 Å². The van der Waals surface area contributed by atoms with Crippen LogP contribution in [0.4, 0.5) is 16.0 Å². The average Bonchev–Trinajstić information content (AvgIpc) is 3.58. The van der Waals surface area contributed by atoms with Gasteiger partial charge in [-0.15, -0.1) is 0 Å². The predicted molar refractivity (Wildman–Crippen MR) is 173 cm³/mol. The SMILES string of the molecule is CC(C)COc1cc(OCC2CCNCC2)cc2[nH]nc(N)c12.CCC1CCNCC1.Cc1cc2[nH]nc(N)c2cc1F. The summed E-state index contributed by atoms with van der Waals surface area (Å²) in [6.45, 7) is 14.2. The van der Waals surface area contributed by atoms with Crippen molar-refractivity contribution in [1.82, 2.24) is 31.0 Å². The fourth-order valence-electron chi connectivity index (χ4n) is 5.29. The Morgan fingerprint density at radius 3 is 2.12 bits per heavy atom. The van der Waals surface area contributed by atoms with E-state index >= 15 is 0 Å². The van der Waals surface area contributed by atoms with Crippen LogP contribution in [-0.2, 0) is 0 Å². The number of hydrogen-bond donors (Lipinski definition) is 6. The molecule has 43 heavy (non-hydrogen) atoms. The molecule has 6 rings (SSSR count). The Morgan fingerprint density at radius 1 is 0.860 bits per heavy atom. The molecule has 2 aromatic heterocycles. The van der Waals surface area contributed by atoms with E-state index in [0.29, 0.717) is 41.0 Å². The number of aromatic amines is 2. The number of nitrogen functional groups attached to an aromatic ring is 2. The first kappa shape index (κ1) is 32.3. The summed E-state index contributed by atoms with van der Waals surface area (Å²) in [4.78, 5) is 0. The molecule has 0 atom stereocenters. The number of fused-ring (bicyclic) bond motifs is 2. The monoisotopic (exact) mass is 596 g/mol. The van der Waals surface area contributed by atoms with Gasteiger partial charge in [-0.05, 0) is 94.2 Å². The first-order valence-corrected chi connectivity index (χ1v) is 15.6. The number of nitrogens with two attached hydrogens (primary N) is 2. The lowest BCUT2D eigenvalue weighted by Gasteiger charge is -2.22. The van der Waals surface area contributed by atoms with Gasteiger partial charge in [0, 0.05) is 17.5 Å². The van der Waals surface area contributed by atoms with E-state index in [0.717, 1.165) is 66.4 Å². The van der Waals surface area contributed by atoms with Gasteiger partial charge in [0.15, 0.2) is 11.6 Å². The van der Waals surface area contributed by atoms with Crippen molar-refractivity contribution < 1.29 is 13.9 Å². The van der Waals surface area contributed by atoms with E-state index in [2.05, 4.69) is 51.8 Å². The predicted octanol–water partition coefficient (Wildman–Crippen LogP) is 5.55. The Labute approximate surface area is 253 Å². The third-order valence-electron chi connectivity index (χ3n) is 8.05. The number of aryl methyl sites for hydroxylation is 1. The van der Waals surface area contributed by atoms with E-state index in [4.69, 9.17) is 20.9 Å². The van der Waals surface area contributed by atoms with Crippen LogP contribution in [0.5, 0.6) is 11.5 Å². The van der Waals surface area contributed by atoms with Gasteiger partial charge in [0.2, 0.25) is 0 Å². The van der Waals surface area contributed by atoms with Crippen molar-refractivity contribution in [3.05, 3.63) is 35.6 Å². The number of hydrogen-bond acceptors (Lipinski definition) is 8. The van der Waals surface area contributed by atoms with E-state index in [-0.39, 0.29) is 5.82 Å². The van der Waals surface area contributed by atoms with Crippen molar-refractivity contribution in [1.29, 1.82) is 0 Å². The van der Waals surface area contributed by atoms with Crippen LogP contribution in [0.25, 0.3) is 21.8 Å². The maximum Gasteiger partial charge on any atom is 0.156 e. The van der Waals surface area contributed by atoms with Gasteiger partial charge in [-0.3, -0.25) is 10.2 Å². The first-order valence-electron chi connectivity index (χ1n) is 15.6. The van der Waals surface area contributed by atoms with Crippen LogP contribution in [0.15, 0.2) is 24.3 Å². The zero-order valence-corrected chi connectivity index (χ0v) is 26.1. The minimum atomic E-state index is -0.254. The molecule has 10 nitrogen and oxygen atoms in total. The number of H-pyrrole nitrogens is 2. The average molecular weight is 597 g/mol. The molecule has 2 aliphatic rings. The normalized spacial score (nSPS) is 16.0. The van der Waals surface area contributed by atoms with E-state index in [1.807, 2.05) is 12.1 Å². The minimum Gasteiger partial charge on any atom is -0.493 e. The van der Waals surface area contributed by atoms with Crippen LogP contribution in [-0.4, -0.2) is 59.8 Å². The number of nitrogens with zero attached hydrogens (tertiary/aromatic N) is 2. The number of nitrogens with one attached hydrogen (secondary N) is 4. The summed E-state index contributed by atoms with van der Waals surface area (Å²) in [5.74, 6) is 4.16. The smallest absolute Gasteiger partial charge is 0.156 e. The van der Waals surface area contributed by atoms with Crippen molar-refractivity contribution in [3.8, 4) is 11.5 Å². The summed E-state index contributed by atoms with van der Waals surface area (Å²) in [6.07, 6.45) is 6.50. The molecule has 8 N–H and O–H groups in total. The summed E-state index contributed by atoms with van der Waals surface area (Å²) in [7, 11) is 0. The number of halogens is 1. The molecule has 4 heterocycles. The van der Waals surface area contributed by atoms with E-state index in [9.17, 15) is 4.39 Å². The Bertz CT molecular complexity index is 1420. The van der Waals surface area contributed by atoms with Crippen LogP contribution in [0.2, 0.25) is 0 Å². The molecule has 0 aliphatic carbocycles. The van der Waals surface area contributed by atoms with Gasteiger partial charge >= 0.3 is 0 Å². The quantitative estimate of drug-likeness (QED) is 0.163. The van der Waals surface area contributed by atoms with Crippen molar-refractivity contribution >= 4 is 33.4 Å². The maximum absolute atomic E-state index is 13.0. The first-order chi connectivity index (χ1) is 20.7. The fourth-order valence-corrected chi connectivity index (χ4v) is 5.29. The molecule has 2 aliphatic heterocycles. The van der Waals surface area contributed by atoms with Gasteiger partial charge in [-0.2, -0.15) is 10.2 Å². The Hall–Kier alpha value is -3.57. The second kappa shape index (κ2) is 15.8. The molecular formula is C32H49FN8O2. The van der Waals surface area contributed by atoms with Crippen molar-refractivity contribution in [2.75, 3.05) is 50.9 Å². The van der Waals surface area contributed by atoms with Crippen LogP contribution in [0.3, 0.4) is 0 Å². The lowest BCUT2D eigenvalue weighted by molar-refractivity contribution is 0.214. The number of anilines is 2. The molecular weight excluding hydrogens is 547 g/mol. The summed E-state index contributed by atoms with van der Waals surface area (Å²) in [5.41, 5.74) is 13.7. The molecule has 0 bridgehead atoms. The Morgan fingerprint density at radius 2 is 1.49 bits per heavy atom. The highest BCUT2D eigenvalue weighted by molar-refractivity contribution is 5.95. The minimum absolute atomic E-state index is 0.254. The van der Waals surface area contributed by atoms with Gasteiger partial charge in [-0.1, -0.05) is 27.2 Å². The second-order valence-electron chi connectivity index (χ2n) is 12.0. The maximum atomic E-state index is 13.0. The summed E-state index contributed by atoms with van der Waals surface area (Å²) in [5, 5.41) is 21.7. The van der Waals surface area contributed by atoms with Gasteiger partial charge in [0.1, 0.15) is 17.3 Å². The second-order valence-corrected chi connectivity index (χ2v) is 12.0. The summed E-state index contributed by atoms with van der Waals surface area (Å²) in [6, 6.07) is 6.96. The molecule has 2 fully saturated rings. The largest absolute Gasteiger partial charge is 0.493 e. The van der Waals surface area contributed by atoms with Crippen LogP contribution in [0, 0.1) is 30.5 Å². The number of rotatable bonds is 7. The molecule has 2 saturated heterocycles. The van der Waals surface area contributed by atoms with Crippen LogP contribution in [0.1, 0.15) is 58.4 Å². The van der Waals surface area contributed by atoms with Gasteiger partial charge < -0.3 is 31.6 Å². The molecule has 0 unspecified atom stereocenters. The molecule has 0 amide bonds. The molecule has 2 aromatic carbocycles. The highest BCUT2D eigenvalue weighted by atomic mass is 19.1. The summed E-state index contributed by atoms with van der Waals surface area (Å²) >= 11 is 0.